The van der Waals surface area contributed by atoms with E-state index in [-0.39, 0.29) is 6.10 Å². The number of rotatable bonds is 1. The predicted molar refractivity (Wildman–Crippen MR) is 52.8 cm³/mol. The zero-order valence-electron chi connectivity index (χ0n) is 6.59. The van der Waals surface area contributed by atoms with Gasteiger partial charge < -0.3 is 5.11 Å². The van der Waals surface area contributed by atoms with Gasteiger partial charge in [-0.2, -0.15) is 0 Å². The largest absolute Gasteiger partial charge is 0.393 e. The Balaban J connectivity index is 1.87. The second-order valence-corrected chi connectivity index (χ2v) is 5.64. The fraction of sp³-hybridized carbons (Fsp3) is 1.00. The SMILES string of the molecule is OC1CCN(C2(I)CC2)CC1. The summed E-state index contributed by atoms with van der Waals surface area (Å²) in [5.74, 6) is 0. The van der Waals surface area contributed by atoms with Crippen molar-refractivity contribution in [3.8, 4) is 0 Å². The smallest absolute Gasteiger partial charge is 0.0732 e. The Labute approximate surface area is 81.1 Å². The van der Waals surface area contributed by atoms with Crippen molar-refractivity contribution in [2.24, 2.45) is 0 Å². The third kappa shape index (κ3) is 1.70. The zero-order chi connectivity index (χ0) is 7.90. The van der Waals surface area contributed by atoms with Crippen molar-refractivity contribution in [3.05, 3.63) is 0 Å². The van der Waals surface area contributed by atoms with E-state index in [0.29, 0.717) is 3.55 Å². The van der Waals surface area contributed by atoms with Crippen LogP contribution in [0.4, 0.5) is 0 Å². The van der Waals surface area contributed by atoms with Crippen LogP contribution in [0.2, 0.25) is 0 Å². The maximum absolute atomic E-state index is 9.28. The van der Waals surface area contributed by atoms with Crippen LogP contribution in [-0.2, 0) is 0 Å². The van der Waals surface area contributed by atoms with E-state index in [4.69, 9.17) is 0 Å². The zero-order valence-corrected chi connectivity index (χ0v) is 8.75. The van der Waals surface area contributed by atoms with Crippen LogP contribution in [0.5, 0.6) is 0 Å². The molecular weight excluding hydrogens is 253 g/mol. The Hall–Kier alpha value is 0.650. The Kier molecular flexibility index (Phi) is 2.14. The van der Waals surface area contributed by atoms with Crippen molar-refractivity contribution in [1.29, 1.82) is 0 Å². The molecule has 0 spiro atoms. The number of hydrogen-bond donors (Lipinski definition) is 1. The van der Waals surface area contributed by atoms with Crippen molar-refractivity contribution in [1.82, 2.24) is 4.90 Å². The number of alkyl halides is 1. The fourth-order valence-electron chi connectivity index (χ4n) is 1.69. The van der Waals surface area contributed by atoms with Gasteiger partial charge in [0.2, 0.25) is 0 Å². The molecule has 0 unspecified atom stereocenters. The molecular formula is C8H14INO. The molecule has 0 amide bonds. The third-order valence-electron chi connectivity index (χ3n) is 2.69. The standard InChI is InChI=1S/C8H14INO/c9-8(3-4-8)10-5-1-7(11)2-6-10/h7,11H,1-6H2. The van der Waals surface area contributed by atoms with Crippen molar-refractivity contribution >= 4 is 22.6 Å². The Morgan fingerprint density at radius 1 is 1.27 bits per heavy atom. The number of nitrogens with zero attached hydrogens (tertiary/aromatic N) is 1. The van der Waals surface area contributed by atoms with E-state index >= 15 is 0 Å². The summed E-state index contributed by atoms with van der Waals surface area (Å²) in [5.41, 5.74) is 0. The molecule has 0 aromatic heterocycles. The van der Waals surface area contributed by atoms with Gasteiger partial charge in [0.05, 0.1) is 9.65 Å². The Bertz CT molecular complexity index is 150. The minimum Gasteiger partial charge on any atom is -0.393 e. The van der Waals surface area contributed by atoms with Gasteiger partial charge >= 0.3 is 0 Å². The summed E-state index contributed by atoms with van der Waals surface area (Å²) >= 11 is 2.56. The molecule has 11 heavy (non-hydrogen) atoms. The summed E-state index contributed by atoms with van der Waals surface area (Å²) in [7, 11) is 0. The lowest BCUT2D eigenvalue weighted by atomic mass is 10.1. The molecule has 1 heterocycles. The first kappa shape index (κ1) is 8.26. The lowest BCUT2D eigenvalue weighted by molar-refractivity contribution is 0.0763. The van der Waals surface area contributed by atoms with Crippen LogP contribution >= 0.6 is 22.6 Å². The summed E-state index contributed by atoms with van der Waals surface area (Å²) in [4.78, 5) is 2.53. The van der Waals surface area contributed by atoms with Crippen LogP contribution in [0.1, 0.15) is 25.7 Å². The minimum atomic E-state index is -0.0231. The molecule has 1 saturated carbocycles. The summed E-state index contributed by atoms with van der Waals surface area (Å²) in [5, 5.41) is 9.28. The molecule has 2 fully saturated rings. The quantitative estimate of drug-likeness (QED) is 0.440. The molecule has 0 aromatic carbocycles. The van der Waals surface area contributed by atoms with E-state index < -0.39 is 0 Å². The molecule has 1 saturated heterocycles. The predicted octanol–water partition coefficient (Wildman–Crippen LogP) is 1.37. The molecule has 1 aliphatic carbocycles. The highest BCUT2D eigenvalue weighted by Gasteiger charge is 2.45. The van der Waals surface area contributed by atoms with Gasteiger partial charge in [0.25, 0.3) is 0 Å². The van der Waals surface area contributed by atoms with Gasteiger partial charge in [-0.1, -0.05) is 22.6 Å². The van der Waals surface area contributed by atoms with E-state index in [1.165, 1.54) is 12.8 Å². The highest BCUT2D eigenvalue weighted by Crippen LogP contribution is 2.48. The number of halogens is 1. The third-order valence-corrected chi connectivity index (χ3v) is 4.45. The number of aliphatic hydroxyl groups excluding tert-OH is 1. The average molecular weight is 267 g/mol. The molecule has 3 heteroatoms. The van der Waals surface area contributed by atoms with Crippen LogP contribution < -0.4 is 0 Å². The first-order chi connectivity index (χ1) is 5.21. The van der Waals surface area contributed by atoms with Crippen LogP contribution in [0, 0.1) is 0 Å². The van der Waals surface area contributed by atoms with Crippen LogP contribution in [-0.4, -0.2) is 32.7 Å². The van der Waals surface area contributed by atoms with Gasteiger partial charge in [-0.25, -0.2) is 0 Å². The summed E-state index contributed by atoms with van der Waals surface area (Å²) in [6, 6.07) is 0. The maximum Gasteiger partial charge on any atom is 0.0732 e. The molecule has 0 bridgehead atoms. The summed E-state index contributed by atoms with van der Waals surface area (Å²) < 4.78 is 0.498. The molecule has 0 radical (unpaired) electrons. The highest BCUT2D eigenvalue weighted by molar-refractivity contribution is 14.1. The van der Waals surface area contributed by atoms with Crippen LogP contribution in [0.15, 0.2) is 0 Å². The van der Waals surface area contributed by atoms with Crippen molar-refractivity contribution in [2.75, 3.05) is 13.1 Å². The Morgan fingerprint density at radius 2 is 1.82 bits per heavy atom. The van der Waals surface area contributed by atoms with E-state index in [1.807, 2.05) is 0 Å². The minimum absolute atomic E-state index is 0.0231. The average Bonchev–Trinajstić information content (AvgIpc) is 2.70. The molecule has 0 aromatic rings. The molecule has 1 aliphatic heterocycles. The lowest BCUT2D eigenvalue weighted by Gasteiger charge is -2.33. The van der Waals surface area contributed by atoms with Gasteiger partial charge in [0, 0.05) is 13.1 Å². The van der Waals surface area contributed by atoms with Gasteiger partial charge in [-0.3, -0.25) is 4.90 Å². The maximum atomic E-state index is 9.28. The highest BCUT2D eigenvalue weighted by atomic mass is 127. The van der Waals surface area contributed by atoms with E-state index in [1.54, 1.807) is 0 Å². The number of hydrogen-bond acceptors (Lipinski definition) is 2. The molecule has 2 nitrogen and oxygen atoms in total. The van der Waals surface area contributed by atoms with Crippen LogP contribution in [0.3, 0.4) is 0 Å². The molecule has 2 aliphatic rings. The van der Waals surface area contributed by atoms with Gasteiger partial charge in [-0.15, -0.1) is 0 Å². The summed E-state index contributed by atoms with van der Waals surface area (Å²) in [6.45, 7) is 2.20. The van der Waals surface area contributed by atoms with Crippen molar-refractivity contribution in [2.45, 2.75) is 35.3 Å². The fourth-order valence-corrected chi connectivity index (χ4v) is 2.44. The first-order valence-electron chi connectivity index (χ1n) is 4.33. The molecule has 0 atom stereocenters. The summed E-state index contributed by atoms with van der Waals surface area (Å²) in [6.07, 6.45) is 4.63. The topological polar surface area (TPSA) is 23.5 Å². The van der Waals surface area contributed by atoms with Crippen molar-refractivity contribution < 1.29 is 5.11 Å². The number of piperidine rings is 1. The van der Waals surface area contributed by atoms with Gasteiger partial charge in [-0.05, 0) is 25.7 Å². The molecule has 1 N–H and O–H groups in total. The number of likely N-dealkylation sites (tertiary alicyclic amines) is 1. The van der Waals surface area contributed by atoms with Crippen LogP contribution in [0.25, 0.3) is 0 Å². The lowest BCUT2D eigenvalue weighted by Crippen LogP contribution is -2.41. The first-order valence-corrected chi connectivity index (χ1v) is 5.41. The van der Waals surface area contributed by atoms with E-state index in [0.717, 1.165) is 25.9 Å². The monoisotopic (exact) mass is 267 g/mol. The van der Waals surface area contributed by atoms with Crippen molar-refractivity contribution in [3.63, 3.8) is 0 Å². The Morgan fingerprint density at radius 3 is 2.27 bits per heavy atom. The number of aliphatic hydroxyl groups is 1. The van der Waals surface area contributed by atoms with E-state index in [9.17, 15) is 5.11 Å². The molecule has 2 rings (SSSR count). The molecule has 64 valence electrons. The van der Waals surface area contributed by atoms with E-state index in [2.05, 4.69) is 27.5 Å². The normalized spacial score (nSPS) is 32.2. The second kappa shape index (κ2) is 2.85. The van der Waals surface area contributed by atoms with Gasteiger partial charge in [0.15, 0.2) is 0 Å². The second-order valence-electron chi connectivity index (χ2n) is 3.64. The van der Waals surface area contributed by atoms with Gasteiger partial charge in [0.1, 0.15) is 0 Å².